The molecular weight excluding hydrogens is 266 g/mol. The van der Waals surface area contributed by atoms with Crippen LogP contribution in [0.3, 0.4) is 0 Å². The predicted molar refractivity (Wildman–Crippen MR) is 80.1 cm³/mol. The number of rotatable bonds is 4. The van der Waals surface area contributed by atoms with E-state index < -0.39 is 17.5 Å². The van der Waals surface area contributed by atoms with E-state index in [1.54, 1.807) is 19.1 Å². The van der Waals surface area contributed by atoms with Gasteiger partial charge in [-0.15, -0.1) is 0 Å². The number of fused-ring (bicyclic) bond motifs is 3. The van der Waals surface area contributed by atoms with Gasteiger partial charge in [-0.05, 0) is 50.8 Å². The zero-order valence-corrected chi connectivity index (χ0v) is 12.4. The fourth-order valence-electron chi connectivity index (χ4n) is 3.93. The molecule has 3 unspecified atom stereocenters. The first-order valence-electron chi connectivity index (χ1n) is 7.74. The molecular formula is C17H23NO3. The standard InChI is InChI=1S/C17H23NO3/c1-17(16(20)21,13-5-3-2-4-6-13)15(19)14-11-12-7-9-18(14)10-8-12/h2-6,12,14-15,19H,7-11H2,1H3,(H,20,21). The van der Waals surface area contributed by atoms with Crippen LogP contribution < -0.4 is 0 Å². The summed E-state index contributed by atoms with van der Waals surface area (Å²) in [7, 11) is 0. The van der Waals surface area contributed by atoms with Crippen LogP contribution in [0.1, 0.15) is 31.7 Å². The maximum atomic E-state index is 11.9. The third kappa shape index (κ3) is 2.36. The molecule has 0 aromatic heterocycles. The maximum absolute atomic E-state index is 11.9. The minimum absolute atomic E-state index is 0.0428. The smallest absolute Gasteiger partial charge is 0.316 e. The number of hydrogen-bond acceptors (Lipinski definition) is 3. The molecule has 2 bridgehead atoms. The van der Waals surface area contributed by atoms with Gasteiger partial charge in [0.15, 0.2) is 0 Å². The molecule has 4 rings (SSSR count). The maximum Gasteiger partial charge on any atom is 0.316 e. The van der Waals surface area contributed by atoms with Crippen LogP contribution in [-0.2, 0) is 10.2 Å². The number of carboxylic acid groups (broad SMARTS) is 1. The fourth-order valence-corrected chi connectivity index (χ4v) is 3.93. The van der Waals surface area contributed by atoms with Crippen molar-refractivity contribution in [2.45, 2.75) is 43.7 Å². The number of carbonyl (C=O) groups is 1. The molecule has 0 saturated carbocycles. The van der Waals surface area contributed by atoms with Gasteiger partial charge in [0, 0.05) is 6.04 Å². The molecule has 0 spiro atoms. The zero-order valence-electron chi connectivity index (χ0n) is 12.4. The Labute approximate surface area is 125 Å². The molecule has 21 heavy (non-hydrogen) atoms. The number of aliphatic hydroxyl groups is 1. The average molecular weight is 289 g/mol. The summed E-state index contributed by atoms with van der Waals surface area (Å²) in [5.74, 6) is -0.313. The molecule has 114 valence electrons. The highest BCUT2D eigenvalue weighted by Crippen LogP contribution is 2.39. The number of carboxylic acids is 1. The Morgan fingerprint density at radius 3 is 2.38 bits per heavy atom. The van der Waals surface area contributed by atoms with Crippen molar-refractivity contribution in [1.82, 2.24) is 4.90 Å². The molecule has 3 heterocycles. The molecule has 4 nitrogen and oxygen atoms in total. The number of hydrogen-bond donors (Lipinski definition) is 2. The van der Waals surface area contributed by atoms with Gasteiger partial charge in [-0.2, -0.15) is 0 Å². The van der Waals surface area contributed by atoms with Crippen molar-refractivity contribution in [3.8, 4) is 0 Å². The van der Waals surface area contributed by atoms with Crippen LogP contribution in [0.25, 0.3) is 0 Å². The average Bonchev–Trinajstić information content (AvgIpc) is 2.55. The lowest BCUT2D eigenvalue weighted by atomic mass is 9.70. The molecule has 3 aliphatic heterocycles. The second-order valence-electron chi connectivity index (χ2n) is 6.60. The molecule has 1 aromatic carbocycles. The van der Waals surface area contributed by atoms with Crippen LogP contribution in [0.4, 0.5) is 0 Å². The third-order valence-electron chi connectivity index (χ3n) is 5.47. The first kappa shape index (κ1) is 14.5. The Morgan fingerprint density at radius 1 is 1.29 bits per heavy atom. The third-order valence-corrected chi connectivity index (χ3v) is 5.47. The number of aliphatic hydroxyl groups excluding tert-OH is 1. The van der Waals surface area contributed by atoms with Crippen LogP contribution in [-0.4, -0.2) is 46.3 Å². The topological polar surface area (TPSA) is 60.8 Å². The summed E-state index contributed by atoms with van der Waals surface area (Å²) >= 11 is 0. The van der Waals surface area contributed by atoms with Crippen molar-refractivity contribution in [2.24, 2.45) is 5.92 Å². The molecule has 0 radical (unpaired) electrons. The van der Waals surface area contributed by atoms with E-state index in [1.807, 2.05) is 18.2 Å². The van der Waals surface area contributed by atoms with Gasteiger partial charge in [0.25, 0.3) is 0 Å². The quantitative estimate of drug-likeness (QED) is 0.888. The fraction of sp³-hybridized carbons (Fsp3) is 0.588. The van der Waals surface area contributed by atoms with E-state index in [-0.39, 0.29) is 6.04 Å². The largest absolute Gasteiger partial charge is 0.481 e. The minimum atomic E-state index is -1.26. The molecule has 3 atom stereocenters. The van der Waals surface area contributed by atoms with E-state index in [0.29, 0.717) is 11.5 Å². The Kier molecular flexibility index (Phi) is 3.76. The molecule has 2 N–H and O–H groups in total. The summed E-state index contributed by atoms with van der Waals surface area (Å²) in [6, 6.07) is 9.08. The molecule has 3 fully saturated rings. The van der Waals surface area contributed by atoms with Gasteiger partial charge in [-0.3, -0.25) is 9.69 Å². The molecule has 1 aromatic rings. The van der Waals surface area contributed by atoms with Gasteiger partial charge in [0.05, 0.1) is 6.10 Å². The van der Waals surface area contributed by atoms with Crippen molar-refractivity contribution in [3.63, 3.8) is 0 Å². The van der Waals surface area contributed by atoms with Gasteiger partial charge in [-0.25, -0.2) is 0 Å². The van der Waals surface area contributed by atoms with Crippen LogP contribution >= 0.6 is 0 Å². The van der Waals surface area contributed by atoms with Gasteiger partial charge in [0.1, 0.15) is 5.41 Å². The number of benzene rings is 1. The van der Waals surface area contributed by atoms with E-state index >= 15 is 0 Å². The Morgan fingerprint density at radius 2 is 1.90 bits per heavy atom. The lowest BCUT2D eigenvalue weighted by Crippen LogP contribution is -2.60. The highest BCUT2D eigenvalue weighted by atomic mass is 16.4. The molecule has 0 amide bonds. The van der Waals surface area contributed by atoms with E-state index in [1.165, 1.54) is 12.8 Å². The molecule has 0 aliphatic carbocycles. The van der Waals surface area contributed by atoms with E-state index in [4.69, 9.17) is 0 Å². The molecule has 3 saturated heterocycles. The lowest BCUT2D eigenvalue weighted by molar-refractivity contribution is -0.152. The monoisotopic (exact) mass is 289 g/mol. The van der Waals surface area contributed by atoms with E-state index in [2.05, 4.69) is 4.90 Å². The lowest BCUT2D eigenvalue weighted by Gasteiger charge is -2.50. The van der Waals surface area contributed by atoms with Crippen molar-refractivity contribution >= 4 is 5.97 Å². The van der Waals surface area contributed by atoms with Crippen molar-refractivity contribution < 1.29 is 15.0 Å². The predicted octanol–water partition coefficient (Wildman–Crippen LogP) is 1.87. The Bertz CT molecular complexity index is 510. The second-order valence-corrected chi connectivity index (χ2v) is 6.60. The normalized spacial score (nSPS) is 32.4. The van der Waals surface area contributed by atoms with Gasteiger partial charge >= 0.3 is 5.97 Å². The summed E-state index contributed by atoms with van der Waals surface area (Å²) in [5.41, 5.74) is -0.587. The minimum Gasteiger partial charge on any atom is -0.481 e. The second kappa shape index (κ2) is 5.43. The molecule has 3 aliphatic rings. The van der Waals surface area contributed by atoms with Crippen LogP contribution in [0, 0.1) is 5.92 Å². The van der Waals surface area contributed by atoms with Crippen LogP contribution in [0.2, 0.25) is 0 Å². The summed E-state index contributed by atoms with van der Waals surface area (Å²) in [6.07, 6.45) is 2.38. The summed E-state index contributed by atoms with van der Waals surface area (Å²) in [6.45, 7) is 3.62. The van der Waals surface area contributed by atoms with Crippen molar-refractivity contribution in [1.29, 1.82) is 0 Å². The van der Waals surface area contributed by atoms with Gasteiger partial charge in [0.2, 0.25) is 0 Å². The highest BCUT2D eigenvalue weighted by Gasteiger charge is 2.50. The van der Waals surface area contributed by atoms with Gasteiger partial charge in [-0.1, -0.05) is 30.3 Å². The Balaban J connectivity index is 1.92. The van der Waals surface area contributed by atoms with Crippen molar-refractivity contribution in [2.75, 3.05) is 13.1 Å². The van der Waals surface area contributed by atoms with E-state index in [9.17, 15) is 15.0 Å². The summed E-state index contributed by atoms with van der Waals surface area (Å²) in [5, 5.41) is 20.7. The zero-order chi connectivity index (χ0) is 15.0. The first-order valence-corrected chi connectivity index (χ1v) is 7.74. The number of nitrogens with zero attached hydrogens (tertiary/aromatic N) is 1. The van der Waals surface area contributed by atoms with E-state index in [0.717, 1.165) is 19.5 Å². The summed E-state index contributed by atoms with van der Waals surface area (Å²) < 4.78 is 0. The number of piperidine rings is 3. The SMILES string of the molecule is CC(C(=O)O)(c1ccccc1)C(O)C1CC2CCN1CC2. The molecule has 4 heteroatoms. The number of aliphatic carboxylic acids is 1. The Hall–Kier alpha value is -1.39. The van der Waals surface area contributed by atoms with Gasteiger partial charge < -0.3 is 10.2 Å². The first-order chi connectivity index (χ1) is 10.0. The summed E-state index contributed by atoms with van der Waals surface area (Å²) in [4.78, 5) is 14.2. The highest BCUT2D eigenvalue weighted by molar-refractivity contribution is 5.82. The van der Waals surface area contributed by atoms with Crippen molar-refractivity contribution in [3.05, 3.63) is 35.9 Å². The van der Waals surface area contributed by atoms with Crippen LogP contribution in [0.15, 0.2) is 30.3 Å². The van der Waals surface area contributed by atoms with Crippen LogP contribution in [0.5, 0.6) is 0 Å².